The molecule has 0 bridgehead atoms. The Balaban J connectivity index is 2.37. The van der Waals surface area contributed by atoms with Gasteiger partial charge in [0.15, 0.2) is 0 Å². The Kier molecular flexibility index (Phi) is 6.34. The Labute approximate surface area is 105 Å². The van der Waals surface area contributed by atoms with Crippen molar-refractivity contribution in [2.24, 2.45) is 5.92 Å². The van der Waals surface area contributed by atoms with Gasteiger partial charge in [-0.15, -0.1) is 0 Å². The second-order valence-corrected chi connectivity index (χ2v) is 5.13. The molecule has 0 aromatic carbocycles. The van der Waals surface area contributed by atoms with E-state index in [2.05, 4.69) is 24.1 Å². The van der Waals surface area contributed by atoms with E-state index < -0.39 is 0 Å². The van der Waals surface area contributed by atoms with E-state index in [1.54, 1.807) is 0 Å². The summed E-state index contributed by atoms with van der Waals surface area (Å²) in [5.74, 6) is 0.657. The molecule has 1 saturated heterocycles. The molecule has 1 N–H and O–H groups in total. The third kappa shape index (κ3) is 5.39. The largest absolute Gasteiger partial charge is 0.450 e. The van der Waals surface area contributed by atoms with Gasteiger partial charge in [0.05, 0.1) is 6.61 Å². The normalized spacial score (nSPS) is 18.4. The summed E-state index contributed by atoms with van der Waals surface area (Å²) >= 11 is 0. The first-order chi connectivity index (χ1) is 8.13. The van der Waals surface area contributed by atoms with Crippen molar-refractivity contribution in [1.29, 1.82) is 0 Å². The lowest BCUT2D eigenvalue weighted by molar-refractivity contribution is 0.143. The number of hydrogen-bond acceptors (Lipinski definition) is 3. The van der Waals surface area contributed by atoms with Crippen molar-refractivity contribution >= 4 is 6.09 Å². The molecule has 1 rings (SSSR count). The minimum absolute atomic E-state index is 0.291. The highest BCUT2D eigenvalue weighted by atomic mass is 16.5. The van der Waals surface area contributed by atoms with E-state index in [9.17, 15) is 4.79 Å². The summed E-state index contributed by atoms with van der Waals surface area (Å²) in [6.45, 7) is 9.76. The van der Waals surface area contributed by atoms with Gasteiger partial charge in [-0.25, -0.2) is 4.79 Å². The molecule has 1 amide bonds. The van der Waals surface area contributed by atoms with E-state index in [0.717, 1.165) is 6.42 Å². The molecule has 0 saturated carbocycles. The fraction of sp³-hybridized carbons (Fsp3) is 0.923. The number of amides is 1. The van der Waals surface area contributed by atoms with Gasteiger partial charge in [-0.2, -0.15) is 0 Å². The third-order valence-corrected chi connectivity index (χ3v) is 3.16. The zero-order valence-electron chi connectivity index (χ0n) is 11.4. The zero-order valence-corrected chi connectivity index (χ0v) is 11.4. The van der Waals surface area contributed by atoms with Crippen LogP contribution in [0.4, 0.5) is 4.79 Å². The highest BCUT2D eigenvalue weighted by Gasteiger charge is 2.23. The number of hydrogen-bond donors (Lipinski definition) is 1. The predicted octanol–water partition coefficient (Wildman–Crippen LogP) is 2.24. The van der Waals surface area contributed by atoms with Gasteiger partial charge in [0.25, 0.3) is 0 Å². The molecule has 4 heteroatoms. The summed E-state index contributed by atoms with van der Waals surface area (Å²) in [5.41, 5.74) is 0. The van der Waals surface area contributed by atoms with Gasteiger partial charge < -0.3 is 10.1 Å². The smallest absolute Gasteiger partial charge is 0.407 e. The number of nitrogens with zero attached hydrogens (tertiary/aromatic N) is 1. The van der Waals surface area contributed by atoms with E-state index in [1.807, 2.05) is 6.92 Å². The molecule has 0 aromatic rings. The average Bonchev–Trinajstić information content (AvgIpc) is 2.77. The Hall–Kier alpha value is -0.770. The highest BCUT2D eigenvalue weighted by molar-refractivity contribution is 5.67. The van der Waals surface area contributed by atoms with E-state index in [1.165, 1.54) is 25.9 Å². The molecule has 0 spiro atoms. The number of ether oxygens (including phenoxy) is 1. The van der Waals surface area contributed by atoms with E-state index in [-0.39, 0.29) is 6.09 Å². The van der Waals surface area contributed by atoms with Crippen LogP contribution >= 0.6 is 0 Å². The van der Waals surface area contributed by atoms with Gasteiger partial charge in [0, 0.05) is 12.6 Å². The predicted molar refractivity (Wildman–Crippen MR) is 69.1 cm³/mol. The van der Waals surface area contributed by atoms with Crippen LogP contribution in [0.1, 0.15) is 40.0 Å². The summed E-state index contributed by atoms with van der Waals surface area (Å²) in [5, 5.41) is 2.86. The second-order valence-electron chi connectivity index (χ2n) is 5.13. The molecular weight excluding hydrogens is 216 g/mol. The molecule has 4 nitrogen and oxygen atoms in total. The molecule has 1 atom stereocenters. The Bertz CT molecular complexity index is 225. The molecular formula is C13H26N2O2. The van der Waals surface area contributed by atoms with Crippen molar-refractivity contribution < 1.29 is 9.53 Å². The van der Waals surface area contributed by atoms with Crippen LogP contribution in [0, 0.1) is 5.92 Å². The summed E-state index contributed by atoms with van der Waals surface area (Å²) in [6.07, 6.45) is 3.41. The van der Waals surface area contributed by atoms with E-state index >= 15 is 0 Å². The lowest BCUT2D eigenvalue weighted by Crippen LogP contribution is -2.43. The topological polar surface area (TPSA) is 41.6 Å². The van der Waals surface area contributed by atoms with Crippen molar-refractivity contribution in [3.05, 3.63) is 0 Å². The molecule has 100 valence electrons. The molecule has 1 heterocycles. The molecule has 1 aliphatic rings. The average molecular weight is 242 g/mol. The number of nitrogens with one attached hydrogen (secondary N) is 1. The van der Waals surface area contributed by atoms with E-state index in [0.29, 0.717) is 25.1 Å². The van der Waals surface area contributed by atoms with Crippen molar-refractivity contribution in [2.45, 2.75) is 46.1 Å². The van der Waals surface area contributed by atoms with Gasteiger partial charge in [-0.3, -0.25) is 4.90 Å². The number of carbonyl (C=O) groups excluding carboxylic acids is 1. The zero-order chi connectivity index (χ0) is 12.7. The maximum Gasteiger partial charge on any atom is 0.407 e. The Morgan fingerprint density at radius 2 is 2.00 bits per heavy atom. The first-order valence-corrected chi connectivity index (χ1v) is 6.78. The first-order valence-electron chi connectivity index (χ1n) is 6.78. The molecule has 0 aromatic heterocycles. The standard InChI is InChI=1S/C13H26N2O2/c1-4-17-13(16)14-10-12(9-11(2)3)15-7-5-6-8-15/h11-12H,4-10H2,1-3H3,(H,14,16). The number of alkyl carbamates (subject to hydrolysis) is 1. The van der Waals surface area contributed by atoms with Gasteiger partial charge in [-0.05, 0) is 45.2 Å². The van der Waals surface area contributed by atoms with Crippen LogP contribution < -0.4 is 5.32 Å². The van der Waals surface area contributed by atoms with Crippen LogP contribution in [0.5, 0.6) is 0 Å². The molecule has 1 aliphatic heterocycles. The lowest BCUT2D eigenvalue weighted by Gasteiger charge is -2.29. The van der Waals surface area contributed by atoms with Crippen molar-refractivity contribution in [2.75, 3.05) is 26.2 Å². The second kappa shape index (κ2) is 7.54. The summed E-state index contributed by atoms with van der Waals surface area (Å²) in [6, 6.07) is 0.460. The van der Waals surface area contributed by atoms with Gasteiger partial charge in [0.2, 0.25) is 0 Å². The van der Waals surface area contributed by atoms with Gasteiger partial charge in [0.1, 0.15) is 0 Å². The summed E-state index contributed by atoms with van der Waals surface area (Å²) in [7, 11) is 0. The Morgan fingerprint density at radius 3 is 2.53 bits per heavy atom. The van der Waals surface area contributed by atoms with Gasteiger partial charge in [-0.1, -0.05) is 13.8 Å². The third-order valence-electron chi connectivity index (χ3n) is 3.16. The molecule has 1 fully saturated rings. The van der Waals surface area contributed by atoms with E-state index in [4.69, 9.17) is 4.74 Å². The van der Waals surface area contributed by atoms with Crippen molar-refractivity contribution in [3.8, 4) is 0 Å². The minimum atomic E-state index is -0.291. The van der Waals surface area contributed by atoms with Crippen LogP contribution in [0.3, 0.4) is 0 Å². The molecule has 0 radical (unpaired) electrons. The molecule has 17 heavy (non-hydrogen) atoms. The van der Waals surface area contributed by atoms with Crippen LogP contribution in [0.15, 0.2) is 0 Å². The van der Waals surface area contributed by atoms with Crippen LogP contribution in [-0.4, -0.2) is 43.3 Å². The van der Waals surface area contributed by atoms with Gasteiger partial charge >= 0.3 is 6.09 Å². The number of likely N-dealkylation sites (tertiary alicyclic amines) is 1. The van der Waals surface area contributed by atoms with Crippen LogP contribution in [0.2, 0.25) is 0 Å². The fourth-order valence-corrected chi connectivity index (χ4v) is 2.40. The lowest BCUT2D eigenvalue weighted by atomic mass is 10.0. The molecule has 0 aliphatic carbocycles. The monoisotopic (exact) mass is 242 g/mol. The Morgan fingerprint density at radius 1 is 1.35 bits per heavy atom. The van der Waals surface area contributed by atoms with Crippen LogP contribution in [-0.2, 0) is 4.74 Å². The van der Waals surface area contributed by atoms with Crippen molar-refractivity contribution in [3.63, 3.8) is 0 Å². The summed E-state index contributed by atoms with van der Waals surface area (Å²) < 4.78 is 4.89. The van der Waals surface area contributed by atoms with Crippen molar-refractivity contribution in [1.82, 2.24) is 10.2 Å². The fourth-order valence-electron chi connectivity index (χ4n) is 2.40. The summed E-state index contributed by atoms with van der Waals surface area (Å²) in [4.78, 5) is 13.8. The molecule has 1 unspecified atom stereocenters. The number of rotatable bonds is 6. The number of carbonyl (C=O) groups is 1. The van der Waals surface area contributed by atoms with Crippen LogP contribution in [0.25, 0.3) is 0 Å². The maximum atomic E-state index is 11.3. The highest BCUT2D eigenvalue weighted by Crippen LogP contribution is 2.17. The maximum absolute atomic E-state index is 11.3. The quantitative estimate of drug-likeness (QED) is 0.776. The SMILES string of the molecule is CCOC(=O)NCC(CC(C)C)N1CCCC1. The first kappa shape index (κ1) is 14.3. The minimum Gasteiger partial charge on any atom is -0.450 e.